The van der Waals surface area contributed by atoms with Gasteiger partial charge in [0.25, 0.3) is 10.0 Å². The summed E-state index contributed by atoms with van der Waals surface area (Å²) in [7, 11) is -7.57. The molecule has 3 heterocycles. The summed E-state index contributed by atoms with van der Waals surface area (Å²) < 4.78 is 59.9. The number of fused-ring (bicyclic) bond motifs is 3. The molecule has 43 heavy (non-hydrogen) atoms. The van der Waals surface area contributed by atoms with Gasteiger partial charge in [-0.25, -0.2) is 16.8 Å². The highest BCUT2D eigenvalue weighted by Gasteiger charge is 2.32. The van der Waals surface area contributed by atoms with Crippen molar-refractivity contribution in [2.45, 2.75) is 32.3 Å². The van der Waals surface area contributed by atoms with Crippen LogP contribution in [0.15, 0.2) is 98.2 Å². The molecule has 1 aliphatic rings. The molecule has 9 nitrogen and oxygen atoms in total. The Bertz CT molecular complexity index is 1930. The maximum absolute atomic E-state index is 13.3. The largest absolute Gasteiger partial charge is 0.490 e. The maximum Gasteiger partial charge on any atom is 0.252 e. The topological polar surface area (TPSA) is 129 Å². The fraction of sp³-hybridized carbons (Fsp3) is 0.290. The van der Waals surface area contributed by atoms with Crippen molar-refractivity contribution in [3.8, 4) is 5.75 Å². The number of rotatable bonds is 11. The summed E-state index contributed by atoms with van der Waals surface area (Å²) >= 11 is 0.786. The molecule has 1 atom stereocenters. The molecule has 0 amide bonds. The van der Waals surface area contributed by atoms with Crippen molar-refractivity contribution in [2.24, 2.45) is 5.92 Å². The number of sulfone groups is 1. The number of hydrogen-bond donors (Lipinski definition) is 3. The zero-order valence-corrected chi connectivity index (χ0v) is 25.8. The molecule has 0 saturated carbocycles. The Hall–Kier alpha value is -3.26. The first kappa shape index (κ1) is 29.8. The quantitative estimate of drug-likeness (QED) is 0.192. The molecule has 3 N–H and O–H groups in total. The van der Waals surface area contributed by atoms with E-state index in [1.54, 1.807) is 18.2 Å². The number of aromatic amines is 1. The van der Waals surface area contributed by atoms with Gasteiger partial charge in [0, 0.05) is 35.9 Å². The number of thiophene rings is 1. The number of piperidine rings is 1. The fourth-order valence-electron chi connectivity index (χ4n) is 5.47. The third-order valence-corrected chi connectivity index (χ3v) is 13.5. The molecule has 2 aromatic heterocycles. The minimum absolute atomic E-state index is 0.0111. The van der Waals surface area contributed by atoms with Gasteiger partial charge in [-0.3, -0.25) is 0 Å². The Morgan fingerprint density at radius 3 is 2.37 bits per heavy atom. The summed E-state index contributed by atoms with van der Waals surface area (Å²) in [6.07, 6.45) is 0.630. The van der Waals surface area contributed by atoms with E-state index >= 15 is 0 Å². The van der Waals surface area contributed by atoms with Crippen LogP contribution in [-0.2, 0) is 19.9 Å². The number of benzene rings is 3. The summed E-state index contributed by atoms with van der Waals surface area (Å²) in [4.78, 5) is 3.53. The monoisotopic (exact) mass is 639 g/mol. The number of aliphatic hydroxyl groups is 1. The summed E-state index contributed by atoms with van der Waals surface area (Å²) in [5, 5.41) is 15.9. The molecule has 1 fully saturated rings. The van der Waals surface area contributed by atoms with Gasteiger partial charge in [-0.2, -0.15) is 4.31 Å². The number of para-hydroxylation sites is 1. The van der Waals surface area contributed by atoms with Crippen LogP contribution < -0.4 is 10.1 Å². The van der Waals surface area contributed by atoms with Crippen LogP contribution in [0.25, 0.3) is 21.8 Å². The van der Waals surface area contributed by atoms with Crippen LogP contribution in [0.2, 0.25) is 0 Å². The van der Waals surface area contributed by atoms with Gasteiger partial charge in [-0.05, 0) is 67.8 Å². The SMILES string of the molecule is O=S(=O)(c1ccccc1)c1ccc(S(=O)(=O)N2CCC(CNC[C@H](O)COc3cccc4[nH]c5ccccc5c34)CC2)s1. The lowest BCUT2D eigenvalue weighted by Gasteiger charge is -2.31. The first-order valence-corrected chi connectivity index (χ1v) is 17.9. The van der Waals surface area contributed by atoms with Gasteiger partial charge in [-0.15, -0.1) is 11.3 Å². The van der Waals surface area contributed by atoms with Crippen molar-refractivity contribution in [1.29, 1.82) is 0 Å². The van der Waals surface area contributed by atoms with Crippen LogP contribution >= 0.6 is 11.3 Å². The Balaban J connectivity index is 0.978. The molecule has 5 aromatic rings. The average molecular weight is 640 g/mol. The van der Waals surface area contributed by atoms with Crippen LogP contribution in [0.4, 0.5) is 0 Å². The molecule has 1 saturated heterocycles. The third-order valence-electron chi connectivity index (χ3n) is 7.78. The lowest BCUT2D eigenvalue weighted by Crippen LogP contribution is -2.41. The lowest BCUT2D eigenvalue weighted by atomic mass is 9.98. The highest BCUT2D eigenvalue weighted by molar-refractivity contribution is 7.95. The normalized spacial score (nSPS) is 16.1. The zero-order chi connectivity index (χ0) is 30.0. The van der Waals surface area contributed by atoms with Gasteiger partial charge in [0.1, 0.15) is 26.9 Å². The molecule has 0 bridgehead atoms. The van der Waals surface area contributed by atoms with E-state index in [1.807, 2.05) is 42.5 Å². The minimum atomic E-state index is -3.79. The summed E-state index contributed by atoms with van der Waals surface area (Å²) in [5.74, 6) is 0.981. The molecular weight excluding hydrogens is 607 g/mol. The number of aliphatic hydroxyl groups excluding tert-OH is 1. The van der Waals surface area contributed by atoms with E-state index in [9.17, 15) is 21.9 Å². The number of sulfonamides is 1. The van der Waals surface area contributed by atoms with Gasteiger partial charge < -0.3 is 20.1 Å². The molecule has 3 aromatic carbocycles. The smallest absolute Gasteiger partial charge is 0.252 e. The molecule has 0 aliphatic carbocycles. The molecule has 12 heteroatoms. The van der Waals surface area contributed by atoms with E-state index in [-0.39, 0.29) is 25.8 Å². The first-order valence-electron chi connectivity index (χ1n) is 14.1. The Morgan fingerprint density at radius 2 is 1.58 bits per heavy atom. The number of ether oxygens (including phenoxy) is 1. The molecule has 0 spiro atoms. The Labute approximate surface area is 255 Å². The van der Waals surface area contributed by atoms with Crippen molar-refractivity contribution < 1.29 is 26.7 Å². The first-order chi connectivity index (χ1) is 20.7. The Kier molecular flexibility index (Phi) is 8.58. The number of nitrogens with one attached hydrogen (secondary N) is 2. The zero-order valence-electron chi connectivity index (χ0n) is 23.3. The highest BCUT2D eigenvalue weighted by Crippen LogP contribution is 2.34. The molecule has 0 radical (unpaired) electrons. The van der Waals surface area contributed by atoms with E-state index in [0.717, 1.165) is 38.9 Å². The van der Waals surface area contributed by atoms with Crippen LogP contribution in [-0.4, -0.2) is 70.1 Å². The van der Waals surface area contributed by atoms with Crippen LogP contribution in [0.5, 0.6) is 5.75 Å². The van der Waals surface area contributed by atoms with Crippen molar-refractivity contribution in [1.82, 2.24) is 14.6 Å². The number of nitrogens with zero attached hydrogens (tertiary/aromatic N) is 1. The Morgan fingerprint density at radius 1 is 0.884 bits per heavy atom. The van der Waals surface area contributed by atoms with Crippen molar-refractivity contribution >= 4 is 53.0 Å². The van der Waals surface area contributed by atoms with Crippen molar-refractivity contribution in [3.63, 3.8) is 0 Å². The lowest BCUT2D eigenvalue weighted by molar-refractivity contribution is 0.105. The van der Waals surface area contributed by atoms with E-state index in [1.165, 1.54) is 28.6 Å². The van der Waals surface area contributed by atoms with Crippen LogP contribution in [0.1, 0.15) is 12.8 Å². The van der Waals surface area contributed by atoms with Crippen molar-refractivity contribution in [2.75, 3.05) is 32.8 Å². The predicted octanol–water partition coefficient (Wildman–Crippen LogP) is 4.65. The van der Waals surface area contributed by atoms with E-state index in [0.29, 0.717) is 39.0 Å². The van der Waals surface area contributed by atoms with E-state index in [4.69, 9.17) is 4.74 Å². The van der Waals surface area contributed by atoms with E-state index in [2.05, 4.69) is 10.3 Å². The second-order valence-corrected chi connectivity index (χ2v) is 16.1. The standard InChI is InChI=1S/C31H33N3O6S3/c35-23(21-40-28-12-6-11-27-31(28)25-9-4-5-10-26(25)33-27)20-32-19-22-15-17-34(18-16-22)43(38,39)30-14-13-29(41-30)42(36,37)24-7-2-1-3-8-24/h1-14,22-23,32-33,35H,15-21H2/t23-/m0/s1. The fourth-order valence-corrected chi connectivity index (χ4v) is 10.3. The van der Waals surface area contributed by atoms with Gasteiger partial charge in [0.2, 0.25) is 9.84 Å². The van der Waals surface area contributed by atoms with Gasteiger partial charge in [0.05, 0.1) is 10.4 Å². The molecule has 226 valence electrons. The number of hydrogen-bond acceptors (Lipinski definition) is 8. The maximum atomic E-state index is 13.3. The number of H-pyrrole nitrogens is 1. The van der Waals surface area contributed by atoms with E-state index < -0.39 is 26.0 Å². The molecular formula is C31H33N3O6S3. The molecule has 1 aliphatic heterocycles. The summed E-state index contributed by atoms with van der Waals surface area (Å²) in [6.45, 7) is 1.87. The van der Waals surface area contributed by atoms with Crippen molar-refractivity contribution in [3.05, 3.63) is 84.9 Å². The summed E-state index contributed by atoms with van der Waals surface area (Å²) in [6, 6.07) is 24.6. The van der Waals surface area contributed by atoms with Gasteiger partial charge in [-0.1, -0.05) is 42.5 Å². The number of aromatic nitrogens is 1. The van der Waals surface area contributed by atoms with Crippen LogP contribution in [0, 0.1) is 5.92 Å². The second-order valence-electron chi connectivity index (χ2n) is 10.7. The predicted molar refractivity (Wildman–Crippen MR) is 168 cm³/mol. The highest BCUT2D eigenvalue weighted by atomic mass is 32.3. The average Bonchev–Trinajstić information content (AvgIpc) is 3.68. The van der Waals surface area contributed by atoms with Gasteiger partial charge >= 0.3 is 0 Å². The molecule has 6 rings (SSSR count). The second kappa shape index (κ2) is 12.4. The molecule has 0 unspecified atom stereocenters. The van der Waals surface area contributed by atoms with Gasteiger partial charge in [0.15, 0.2) is 0 Å². The van der Waals surface area contributed by atoms with Crippen LogP contribution in [0.3, 0.4) is 0 Å². The minimum Gasteiger partial charge on any atom is -0.490 e. The summed E-state index contributed by atoms with van der Waals surface area (Å²) in [5.41, 5.74) is 2.02. The third kappa shape index (κ3) is 6.21.